The van der Waals surface area contributed by atoms with E-state index in [1.165, 1.54) is 0 Å². The fourth-order valence-corrected chi connectivity index (χ4v) is 1.66. The number of aromatic nitrogens is 2. The van der Waals surface area contributed by atoms with Crippen LogP contribution in [0.25, 0.3) is 0 Å². The molecule has 0 aliphatic rings. The molecular weight excluding hydrogens is 257 g/mol. The molecule has 2 N–H and O–H groups in total. The van der Waals surface area contributed by atoms with E-state index in [1.807, 2.05) is 6.92 Å². The van der Waals surface area contributed by atoms with Crippen LogP contribution >= 0.6 is 11.3 Å². The van der Waals surface area contributed by atoms with E-state index in [1.54, 1.807) is 0 Å². The molecule has 5 nitrogen and oxygen atoms in total. The van der Waals surface area contributed by atoms with Gasteiger partial charge in [0.2, 0.25) is 10.1 Å². The van der Waals surface area contributed by atoms with Crippen LogP contribution in [-0.4, -0.2) is 35.4 Å². The van der Waals surface area contributed by atoms with Crippen molar-refractivity contribution in [2.45, 2.75) is 19.5 Å². The van der Waals surface area contributed by atoms with Crippen molar-refractivity contribution >= 4 is 22.4 Å². The van der Waals surface area contributed by atoms with Gasteiger partial charge in [-0.1, -0.05) is 11.3 Å². The predicted molar refractivity (Wildman–Crippen MR) is 57.1 cm³/mol. The molecule has 0 spiro atoms. The summed E-state index contributed by atoms with van der Waals surface area (Å²) in [5, 5.41) is 12.7. The summed E-state index contributed by atoms with van der Waals surface area (Å²) in [6, 6.07) is 0. The Balaban J connectivity index is 2.41. The molecule has 0 saturated heterocycles. The maximum absolute atomic E-state index is 11.8. The van der Waals surface area contributed by atoms with Gasteiger partial charge >= 0.3 is 6.18 Å². The van der Waals surface area contributed by atoms with Crippen molar-refractivity contribution in [3.63, 3.8) is 0 Å². The van der Waals surface area contributed by atoms with Crippen molar-refractivity contribution in [2.75, 3.05) is 18.4 Å². The SMILES string of the molecule is CCNc1nnc(C(=O)NCCC(F)(F)F)s1. The Labute approximate surface area is 99.4 Å². The summed E-state index contributed by atoms with van der Waals surface area (Å²) in [5.41, 5.74) is 0. The first-order valence-electron chi connectivity index (χ1n) is 4.84. The molecule has 17 heavy (non-hydrogen) atoms. The monoisotopic (exact) mass is 268 g/mol. The molecule has 0 saturated carbocycles. The topological polar surface area (TPSA) is 66.9 Å². The lowest BCUT2D eigenvalue weighted by atomic mass is 10.4. The van der Waals surface area contributed by atoms with Crippen LogP contribution in [0.5, 0.6) is 0 Å². The van der Waals surface area contributed by atoms with E-state index in [9.17, 15) is 18.0 Å². The highest BCUT2D eigenvalue weighted by Gasteiger charge is 2.26. The fraction of sp³-hybridized carbons (Fsp3) is 0.625. The van der Waals surface area contributed by atoms with Crippen LogP contribution in [0.15, 0.2) is 0 Å². The number of nitrogens with zero attached hydrogens (tertiary/aromatic N) is 2. The molecule has 0 aliphatic carbocycles. The average Bonchev–Trinajstić information content (AvgIpc) is 2.65. The van der Waals surface area contributed by atoms with Crippen LogP contribution in [-0.2, 0) is 0 Å². The third-order valence-electron chi connectivity index (χ3n) is 1.64. The number of halogens is 3. The number of hydrogen-bond acceptors (Lipinski definition) is 5. The molecule has 0 aliphatic heterocycles. The minimum atomic E-state index is -4.27. The number of anilines is 1. The maximum atomic E-state index is 11.8. The minimum absolute atomic E-state index is 0.0446. The number of rotatable bonds is 5. The molecule has 1 heterocycles. The first-order chi connectivity index (χ1) is 7.92. The number of carbonyl (C=O) groups is 1. The van der Waals surface area contributed by atoms with Gasteiger partial charge in [0.15, 0.2) is 0 Å². The zero-order valence-electron chi connectivity index (χ0n) is 8.97. The smallest absolute Gasteiger partial charge is 0.360 e. The fourth-order valence-electron chi connectivity index (χ4n) is 0.931. The molecular formula is C8H11F3N4OS. The molecule has 1 amide bonds. The van der Waals surface area contributed by atoms with Gasteiger partial charge in [-0.2, -0.15) is 13.2 Å². The third-order valence-corrected chi connectivity index (χ3v) is 2.52. The van der Waals surface area contributed by atoms with Crippen LogP contribution in [0.1, 0.15) is 23.1 Å². The van der Waals surface area contributed by atoms with Crippen molar-refractivity contribution in [1.82, 2.24) is 15.5 Å². The van der Waals surface area contributed by atoms with Gasteiger partial charge < -0.3 is 10.6 Å². The lowest BCUT2D eigenvalue weighted by Crippen LogP contribution is -2.27. The number of nitrogens with one attached hydrogen (secondary N) is 2. The summed E-state index contributed by atoms with van der Waals surface area (Å²) in [4.78, 5) is 11.3. The molecule has 0 atom stereocenters. The van der Waals surface area contributed by atoms with Gasteiger partial charge in [0.25, 0.3) is 5.91 Å². The summed E-state index contributed by atoms with van der Waals surface area (Å²) in [5.74, 6) is -0.643. The van der Waals surface area contributed by atoms with Gasteiger partial charge in [-0.05, 0) is 6.92 Å². The molecule has 1 rings (SSSR count). The third kappa shape index (κ3) is 4.98. The minimum Gasteiger partial charge on any atom is -0.360 e. The van der Waals surface area contributed by atoms with E-state index in [0.29, 0.717) is 11.7 Å². The Morgan fingerprint density at radius 3 is 2.71 bits per heavy atom. The first kappa shape index (κ1) is 13.7. The Morgan fingerprint density at radius 2 is 2.12 bits per heavy atom. The summed E-state index contributed by atoms with van der Waals surface area (Å²) >= 11 is 0.997. The zero-order chi connectivity index (χ0) is 12.9. The Morgan fingerprint density at radius 1 is 1.41 bits per heavy atom. The molecule has 0 bridgehead atoms. The lowest BCUT2D eigenvalue weighted by Gasteiger charge is -2.05. The van der Waals surface area contributed by atoms with Crippen LogP contribution in [0.2, 0.25) is 0 Å². The predicted octanol–water partition coefficient (Wildman–Crippen LogP) is 1.65. The van der Waals surface area contributed by atoms with E-state index in [2.05, 4.69) is 20.8 Å². The van der Waals surface area contributed by atoms with Crippen molar-refractivity contribution in [3.05, 3.63) is 5.01 Å². The maximum Gasteiger partial charge on any atom is 0.390 e. The molecule has 0 fully saturated rings. The molecule has 0 aromatic carbocycles. The van der Waals surface area contributed by atoms with Gasteiger partial charge in [0.1, 0.15) is 0 Å². The van der Waals surface area contributed by atoms with Gasteiger partial charge in [-0.3, -0.25) is 4.79 Å². The van der Waals surface area contributed by atoms with Crippen molar-refractivity contribution in [3.8, 4) is 0 Å². The van der Waals surface area contributed by atoms with Crippen molar-refractivity contribution in [2.24, 2.45) is 0 Å². The summed E-state index contributed by atoms with van der Waals surface area (Å²) in [6.45, 7) is 2.02. The van der Waals surface area contributed by atoms with Crippen LogP contribution < -0.4 is 10.6 Å². The Bertz CT molecular complexity index is 379. The largest absolute Gasteiger partial charge is 0.390 e. The first-order valence-corrected chi connectivity index (χ1v) is 5.66. The number of hydrogen-bond donors (Lipinski definition) is 2. The van der Waals surface area contributed by atoms with Gasteiger partial charge in [0.05, 0.1) is 6.42 Å². The lowest BCUT2D eigenvalue weighted by molar-refractivity contribution is -0.132. The quantitative estimate of drug-likeness (QED) is 0.852. The van der Waals surface area contributed by atoms with E-state index in [4.69, 9.17) is 0 Å². The van der Waals surface area contributed by atoms with Gasteiger partial charge in [-0.15, -0.1) is 10.2 Å². The molecule has 1 aromatic rings. The second kappa shape index (κ2) is 5.80. The number of alkyl halides is 3. The summed E-state index contributed by atoms with van der Waals surface area (Å²) < 4.78 is 35.5. The normalized spacial score (nSPS) is 11.3. The molecule has 0 unspecified atom stereocenters. The number of amides is 1. The molecule has 96 valence electrons. The number of carbonyl (C=O) groups excluding carboxylic acids is 1. The second-order valence-corrected chi connectivity index (χ2v) is 4.04. The van der Waals surface area contributed by atoms with Crippen LogP contribution in [0.3, 0.4) is 0 Å². The second-order valence-electron chi connectivity index (χ2n) is 3.06. The summed E-state index contributed by atoms with van der Waals surface area (Å²) in [6.07, 6.45) is -5.33. The zero-order valence-corrected chi connectivity index (χ0v) is 9.78. The van der Waals surface area contributed by atoms with Crippen LogP contribution in [0.4, 0.5) is 18.3 Å². The Kier molecular flexibility index (Phi) is 4.67. The average molecular weight is 268 g/mol. The molecule has 9 heteroatoms. The van der Waals surface area contributed by atoms with Crippen molar-refractivity contribution < 1.29 is 18.0 Å². The standard InChI is InChI=1S/C8H11F3N4OS/c1-2-12-7-15-14-6(17-7)5(16)13-4-3-8(9,10)11/h2-4H2,1H3,(H,12,15)(H,13,16). The molecule has 0 radical (unpaired) electrons. The van der Waals surface area contributed by atoms with E-state index >= 15 is 0 Å². The highest BCUT2D eigenvalue weighted by molar-refractivity contribution is 7.17. The molecule has 1 aromatic heterocycles. The summed E-state index contributed by atoms with van der Waals surface area (Å²) in [7, 11) is 0. The van der Waals surface area contributed by atoms with Gasteiger partial charge in [0, 0.05) is 13.1 Å². The Hall–Kier alpha value is -1.38. The van der Waals surface area contributed by atoms with Crippen LogP contribution in [0, 0.1) is 0 Å². The highest BCUT2D eigenvalue weighted by Crippen LogP contribution is 2.18. The van der Waals surface area contributed by atoms with Gasteiger partial charge in [-0.25, -0.2) is 0 Å². The van der Waals surface area contributed by atoms with E-state index in [0.717, 1.165) is 11.3 Å². The highest BCUT2D eigenvalue weighted by atomic mass is 32.1. The van der Waals surface area contributed by atoms with E-state index in [-0.39, 0.29) is 5.01 Å². The van der Waals surface area contributed by atoms with E-state index < -0.39 is 25.0 Å². The van der Waals surface area contributed by atoms with Crippen molar-refractivity contribution in [1.29, 1.82) is 0 Å².